The van der Waals surface area contributed by atoms with Crippen molar-refractivity contribution in [2.75, 3.05) is 0 Å². The topological polar surface area (TPSA) is 24.9 Å². The molecule has 1 saturated carbocycles. The molecule has 2 nitrogen and oxygen atoms in total. The fraction of sp³-hybridized carbons (Fsp3) is 0.643. The summed E-state index contributed by atoms with van der Waals surface area (Å²) in [6.45, 7) is 3.35. The van der Waals surface area contributed by atoms with Crippen LogP contribution in [-0.4, -0.2) is 10.5 Å². The lowest BCUT2D eigenvalue weighted by atomic mass is 9.92. The Balaban J connectivity index is 1.88. The van der Waals surface area contributed by atoms with Crippen molar-refractivity contribution < 1.29 is 0 Å². The number of aromatic nitrogens is 1. The van der Waals surface area contributed by atoms with Crippen LogP contribution in [-0.2, 0) is 6.54 Å². The Labute approximate surface area is 98.5 Å². The monoisotopic (exact) mass is 218 g/mol. The smallest absolute Gasteiger partial charge is 0.0271 e. The standard InChI is InChI=1S/C14H22N2/c1-14(8-4-2-3-5-9-14)16-12-13-6-10-15-11-7-13/h6-7,10-11,16H,2-5,8-9,12H2,1H3. The summed E-state index contributed by atoms with van der Waals surface area (Å²) < 4.78 is 0. The summed E-state index contributed by atoms with van der Waals surface area (Å²) in [5.41, 5.74) is 1.68. The van der Waals surface area contributed by atoms with Crippen molar-refractivity contribution in [3.8, 4) is 0 Å². The fourth-order valence-electron chi connectivity index (χ4n) is 2.50. The third kappa shape index (κ3) is 3.31. The zero-order chi connectivity index (χ0) is 11.3. The van der Waals surface area contributed by atoms with Crippen LogP contribution < -0.4 is 5.32 Å². The molecule has 1 fully saturated rings. The first-order valence-electron chi connectivity index (χ1n) is 6.42. The molecular formula is C14H22N2. The van der Waals surface area contributed by atoms with E-state index in [2.05, 4.69) is 29.4 Å². The zero-order valence-corrected chi connectivity index (χ0v) is 10.2. The Hall–Kier alpha value is -0.890. The molecule has 1 N–H and O–H groups in total. The van der Waals surface area contributed by atoms with E-state index in [0.717, 1.165) is 6.54 Å². The predicted octanol–water partition coefficient (Wildman–Crippen LogP) is 3.28. The molecule has 88 valence electrons. The molecule has 2 rings (SSSR count). The van der Waals surface area contributed by atoms with Gasteiger partial charge >= 0.3 is 0 Å². The molecule has 0 atom stereocenters. The van der Waals surface area contributed by atoms with Gasteiger partial charge in [0.05, 0.1) is 0 Å². The maximum atomic E-state index is 4.04. The second kappa shape index (κ2) is 5.44. The van der Waals surface area contributed by atoms with Crippen LogP contribution in [0.4, 0.5) is 0 Å². The Morgan fingerprint density at radius 1 is 1.12 bits per heavy atom. The van der Waals surface area contributed by atoms with E-state index in [-0.39, 0.29) is 0 Å². The van der Waals surface area contributed by atoms with Crippen LogP contribution in [0.2, 0.25) is 0 Å². The molecule has 16 heavy (non-hydrogen) atoms. The van der Waals surface area contributed by atoms with Crippen molar-refractivity contribution in [3.63, 3.8) is 0 Å². The first kappa shape index (κ1) is 11.6. The highest BCUT2D eigenvalue weighted by Gasteiger charge is 2.24. The average molecular weight is 218 g/mol. The lowest BCUT2D eigenvalue weighted by Crippen LogP contribution is -2.41. The summed E-state index contributed by atoms with van der Waals surface area (Å²) in [4.78, 5) is 4.04. The number of nitrogens with one attached hydrogen (secondary N) is 1. The lowest BCUT2D eigenvalue weighted by molar-refractivity contribution is 0.311. The minimum absolute atomic E-state index is 0.347. The van der Waals surface area contributed by atoms with Crippen molar-refractivity contribution in [1.82, 2.24) is 10.3 Å². The zero-order valence-electron chi connectivity index (χ0n) is 10.2. The van der Waals surface area contributed by atoms with Gasteiger partial charge < -0.3 is 5.32 Å². The molecule has 0 spiro atoms. The molecule has 1 aromatic heterocycles. The van der Waals surface area contributed by atoms with Crippen molar-refractivity contribution >= 4 is 0 Å². The Bertz CT molecular complexity index is 300. The van der Waals surface area contributed by atoms with Crippen LogP contribution >= 0.6 is 0 Å². The van der Waals surface area contributed by atoms with E-state index < -0.39 is 0 Å². The van der Waals surface area contributed by atoms with Crippen LogP contribution in [0.3, 0.4) is 0 Å². The average Bonchev–Trinajstić information content (AvgIpc) is 2.54. The third-order valence-corrected chi connectivity index (χ3v) is 3.68. The van der Waals surface area contributed by atoms with E-state index in [0.29, 0.717) is 5.54 Å². The van der Waals surface area contributed by atoms with Gasteiger partial charge in [0.25, 0.3) is 0 Å². The van der Waals surface area contributed by atoms with Crippen molar-refractivity contribution in [3.05, 3.63) is 30.1 Å². The van der Waals surface area contributed by atoms with Crippen molar-refractivity contribution in [2.24, 2.45) is 0 Å². The van der Waals surface area contributed by atoms with Crippen LogP contribution in [0, 0.1) is 0 Å². The van der Waals surface area contributed by atoms with E-state index >= 15 is 0 Å². The molecule has 0 aliphatic heterocycles. The summed E-state index contributed by atoms with van der Waals surface area (Å²) >= 11 is 0. The Kier molecular flexibility index (Phi) is 3.94. The summed E-state index contributed by atoms with van der Waals surface area (Å²) in [7, 11) is 0. The number of nitrogens with zero attached hydrogens (tertiary/aromatic N) is 1. The molecule has 0 bridgehead atoms. The van der Waals surface area contributed by atoms with E-state index in [1.165, 1.54) is 44.1 Å². The number of hydrogen-bond acceptors (Lipinski definition) is 2. The Morgan fingerprint density at radius 2 is 1.75 bits per heavy atom. The van der Waals surface area contributed by atoms with Crippen LogP contribution in [0.5, 0.6) is 0 Å². The molecule has 1 aliphatic carbocycles. The largest absolute Gasteiger partial charge is 0.307 e. The minimum atomic E-state index is 0.347. The maximum absolute atomic E-state index is 4.04. The number of pyridine rings is 1. The lowest BCUT2D eigenvalue weighted by Gasteiger charge is -2.29. The fourth-order valence-corrected chi connectivity index (χ4v) is 2.50. The summed E-state index contributed by atoms with van der Waals surface area (Å²) in [5.74, 6) is 0. The first-order chi connectivity index (χ1) is 7.79. The van der Waals surface area contributed by atoms with Gasteiger partial charge in [-0.1, -0.05) is 25.7 Å². The molecule has 0 unspecified atom stereocenters. The van der Waals surface area contributed by atoms with E-state index in [1.54, 1.807) is 0 Å². The first-order valence-corrected chi connectivity index (χ1v) is 6.42. The molecule has 0 radical (unpaired) electrons. The van der Waals surface area contributed by atoms with Gasteiger partial charge in [-0.3, -0.25) is 4.98 Å². The Morgan fingerprint density at radius 3 is 2.38 bits per heavy atom. The summed E-state index contributed by atoms with van der Waals surface area (Å²) in [6.07, 6.45) is 11.9. The van der Waals surface area contributed by atoms with Crippen molar-refractivity contribution in [2.45, 2.75) is 57.5 Å². The van der Waals surface area contributed by atoms with E-state index in [9.17, 15) is 0 Å². The number of hydrogen-bond donors (Lipinski definition) is 1. The number of rotatable bonds is 3. The highest BCUT2D eigenvalue weighted by atomic mass is 15.0. The van der Waals surface area contributed by atoms with Gasteiger partial charge in [0.1, 0.15) is 0 Å². The maximum Gasteiger partial charge on any atom is 0.0271 e. The van der Waals surface area contributed by atoms with Gasteiger partial charge in [0.15, 0.2) is 0 Å². The van der Waals surface area contributed by atoms with Gasteiger partial charge in [-0.2, -0.15) is 0 Å². The molecule has 0 amide bonds. The molecular weight excluding hydrogens is 196 g/mol. The quantitative estimate of drug-likeness (QED) is 0.787. The van der Waals surface area contributed by atoms with Crippen LogP contribution in [0.1, 0.15) is 51.0 Å². The third-order valence-electron chi connectivity index (χ3n) is 3.68. The van der Waals surface area contributed by atoms with Gasteiger partial charge in [-0.05, 0) is 37.5 Å². The molecule has 0 saturated heterocycles. The molecule has 1 heterocycles. The second-order valence-corrected chi connectivity index (χ2v) is 5.18. The summed E-state index contributed by atoms with van der Waals surface area (Å²) in [5, 5.41) is 3.73. The second-order valence-electron chi connectivity index (χ2n) is 5.18. The normalized spacial score (nSPS) is 20.3. The minimum Gasteiger partial charge on any atom is -0.307 e. The van der Waals surface area contributed by atoms with Gasteiger partial charge in [0.2, 0.25) is 0 Å². The van der Waals surface area contributed by atoms with Crippen LogP contribution in [0.25, 0.3) is 0 Å². The SMILES string of the molecule is CC1(NCc2ccncc2)CCCCCC1. The molecule has 2 heteroatoms. The molecule has 1 aliphatic rings. The van der Waals surface area contributed by atoms with Gasteiger partial charge in [-0.15, -0.1) is 0 Å². The van der Waals surface area contributed by atoms with Crippen LogP contribution in [0.15, 0.2) is 24.5 Å². The van der Waals surface area contributed by atoms with Gasteiger partial charge in [-0.25, -0.2) is 0 Å². The molecule has 1 aromatic rings. The molecule has 0 aromatic carbocycles. The highest BCUT2D eigenvalue weighted by molar-refractivity contribution is 5.09. The van der Waals surface area contributed by atoms with Gasteiger partial charge in [0, 0.05) is 24.5 Å². The van der Waals surface area contributed by atoms with E-state index in [4.69, 9.17) is 0 Å². The predicted molar refractivity (Wildman–Crippen MR) is 67.2 cm³/mol. The van der Waals surface area contributed by atoms with Crippen molar-refractivity contribution in [1.29, 1.82) is 0 Å². The highest BCUT2D eigenvalue weighted by Crippen LogP contribution is 2.26. The van der Waals surface area contributed by atoms with E-state index in [1.807, 2.05) is 12.4 Å². The summed E-state index contributed by atoms with van der Waals surface area (Å²) in [6, 6.07) is 4.18.